The van der Waals surface area contributed by atoms with Gasteiger partial charge in [0.1, 0.15) is 13.2 Å². The molecule has 1 atom stereocenters. The Morgan fingerprint density at radius 3 is 1.24 bits per heavy atom. The Kier molecular flexibility index (Phi) is 39.2. The van der Waals surface area contributed by atoms with E-state index in [-0.39, 0.29) is 37.5 Å². The molecule has 0 spiro atoms. The molecule has 0 aromatic rings. The summed E-state index contributed by atoms with van der Waals surface area (Å²) in [6.45, 7) is 6.22. The first-order valence-electron chi connectivity index (χ1n) is 21.2. The van der Waals surface area contributed by atoms with Gasteiger partial charge in [0.05, 0.1) is 0 Å². The van der Waals surface area contributed by atoms with Gasteiger partial charge in [0.25, 0.3) is 0 Å². The zero-order valence-electron chi connectivity index (χ0n) is 34.4. The van der Waals surface area contributed by atoms with Crippen LogP contribution < -0.4 is 0 Å². The van der Waals surface area contributed by atoms with Gasteiger partial charge in [-0.15, -0.1) is 0 Å². The lowest BCUT2D eigenvalue weighted by atomic mass is 10.1. The molecule has 1 unspecified atom stereocenters. The first-order chi connectivity index (χ1) is 26.5. The molecule has 6 heteroatoms. The van der Waals surface area contributed by atoms with Crippen LogP contribution in [0, 0.1) is 0 Å². The normalized spacial score (nSPS) is 13.0. The number of carbonyl (C=O) groups excluding carboxylic acids is 3. The van der Waals surface area contributed by atoms with E-state index >= 15 is 0 Å². The summed E-state index contributed by atoms with van der Waals surface area (Å²) in [5, 5.41) is 0. The summed E-state index contributed by atoms with van der Waals surface area (Å²) < 4.78 is 16.5. The highest BCUT2D eigenvalue weighted by molar-refractivity contribution is 5.71. The van der Waals surface area contributed by atoms with Crippen molar-refractivity contribution in [1.29, 1.82) is 0 Å². The number of hydrogen-bond donors (Lipinski definition) is 0. The zero-order valence-corrected chi connectivity index (χ0v) is 34.4. The van der Waals surface area contributed by atoms with Crippen LogP contribution in [0.5, 0.6) is 0 Å². The minimum Gasteiger partial charge on any atom is -0.462 e. The second-order valence-electron chi connectivity index (χ2n) is 13.5. The maximum absolute atomic E-state index is 12.6. The largest absolute Gasteiger partial charge is 0.462 e. The van der Waals surface area contributed by atoms with Crippen LogP contribution in [0.3, 0.4) is 0 Å². The van der Waals surface area contributed by atoms with Gasteiger partial charge in [0.15, 0.2) is 6.10 Å². The van der Waals surface area contributed by atoms with E-state index in [1.165, 1.54) is 12.8 Å². The van der Waals surface area contributed by atoms with Crippen LogP contribution in [0.1, 0.15) is 168 Å². The Morgan fingerprint density at radius 1 is 0.389 bits per heavy atom. The minimum absolute atomic E-state index is 0.119. The number of ether oxygens (including phenoxy) is 3. The first kappa shape index (κ1) is 50.3. The lowest BCUT2D eigenvalue weighted by Crippen LogP contribution is -2.30. The van der Waals surface area contributed by atoms with Gasteiger partial charge in [-0.25, -0.2) is 0 Å². The summed E-state index contributed by atoms with van der Waals surface area (Å²) >= 11 is 0. The Morgan fingerprint density at radius 2 is 0.741 bits per heavy atom. The van der Waals surface area contributed by atoms with Crippen molar-refractivity contribution < 1.29 is 28.6 Å². The fraction of sp³-hybridized carbons (Fsp3) is 0.604. The molecule has 0 saturated carbocycles. The molecular weight excluding hydrogens is 673 g/mol. The average molecular weight is 749 g/mol. The molecule has 0 saturated heterocycles. The highest BCUT2D eigenvalue weighted by atomic mass is 16.6. The molecule has 54 heavy (non-hydrogen) atoms. The maximum atomic E-state index is 12.6. The number of allylic oxidation sites excluding steroid dienone is 16. The molecule has 0 aromatic heterocycles. The van der Waals surface area contributed by atoms with Gasteiger partial charge in [0, 0.05) is 19.3 Å². The van der Waals surface area contributed by atoms with E-state index in [4.69, 9.17) is 14.2 Å². The Balaban J connectivity index is 4.50. The first-order valence-corrected chi connectivity index (χ1v) is 21.2. The van der Waals surface area contributed by atoms with E-state index in [1.54, 1.807) is 0 Å². The monoisotopic (exact) mass is 749 g/mol. The third kappa shape index (κ3) is 39.5. The molecule has 0 radical (unpaired) electrons. The highest BCUT2D eigenvalue weighted by Gasteiger charge is 2.19. The maximum Gasteiger partial charge on any atom is 0.306 e. The molecule has 0 heterocycles. The highest BCUT2D eigenvalue weighted by Crippen LogP contribution is 2.10. The van der Waals surface area contributed by atoms with Crippen LogP contribution in [0.15, 0.2) is 97.2 Å². The van der Waals surface area contributed by atoms with Gasteiger partial charge in [0.2, 0.25) is 0 Å². The molecule has 6 nitrogen and oxygen atoms in total. The van der Waals surface area contributed by atoms with E-state index in [0.29, 0.717) is 19.3 Å². The molecule has 0 aromatic carbocycles. The quantitative estimate of drug-likeness (QED) is 0.0275. The molecule has 0 fully saturated rings. The van der Waals surface area contributed by atoms with E-state index in [9.17, 15) is 14.4 Å². The van der Waals surface area contributed by atoms with Gasteiger partial charge >= 0.3 is 17.9 Å². The van der Waals surface area contributed by atoms with Crippen LogP contribution in [0.4, 0.5) is 0 Å². The van der Waals surface area contributed by atoms with Crippen LogP contribution in [0.2, 0.25) is 0 Å². The number of unbranched alkanes of at least 4 members (excludes halogenated alkanes) is 9. The van der Waals surface area contributed by atoms with Crippen molar-refractivity contribution in [1.82, 2.24) is 0 Å². The zero-order chi connectivity index (χ0) is 39.4. The molecule has 0 aliphatic carbocycles. The second-order valence-corrected chi connectivity index (χ2v) is 13.5. The van der Waals surface area contributed by atoms with Crippen molar-refractivity contribution in [3.05, 3.63) is 97.2 Å². The van der Waals surface area contributed by atoms with Crippen LogP contribution in [-0.4, -0.2) is 37.2 Å². The average Bonchev–Trinajstić information content (AvgIpc) is 3.17. The van der Waals surface area contributed by atoms with Crippen LogP contribution in [-0.2, 0) is 28.6 Å². The van der Waals surface area contributed by atoms with Crippen molar-refractivity contribution >= 4 is 17.9 Å². The van der Waals surface area contributed by atoms with Crippen LogP contribution >= 0.6 is 0 Å². The topological polar surface area (TPSA) is 78.9 Å². The third-order valence-electron chi connectivity index (χ3n) is 8.30. The summed E-state index contributed by atoms with van der Waals surface area (Å²) in [6, 6.07) is 0. The smallest absolute Gasteiger partial charge is 0.306 e. The minimum atomic E-state index is -0.816. The Bertz CT molecular complexity index is 1140. The summed E-state index contributed by atoms with van der Waals surface area (Å²) in [5.74, 6) is -1.04. The van der Waals surface area contributed by atoms with Gasteiger partial charge in [-0.05, 0) is 103 Å². The summed E-state index contributed by atoms with van der Waals surface area (Å²) in [4.78, 5) is 37.5. The van der Waals surface area contributed by atoms with Gasteiger partial charge in [-0.3, -0.25) is 14.4 Å². The Labute approximate surface area is 330 Å². The summed E-state index contributed by atoms with van der Waals surface area (Å²) in [5.41, 5.74) is 0. The molecule has 0 rings (SSSR count). The van der Waals surface area contributed by atoms with Crippen molar-refractivity contribution in [3.8, 4) is 0 Å². The number of carbonyl (C=O) groups is 3. The molecule has 0 amide bonds. The van der Waals surface area contributed by atoms with Crippen molar-refractivity contribution in [3.63, 3.8) is 0 Å². The molecule has 0 aliphatic heterocycles. The lowest BCUT2D eigenvalue weighted by molar-refractivity contribution is -0.167. The predicted molar refractivity (Wildman–Crippen MR) is 228 cm³/mol. The molecule has 0 aliphatic rings. The van der Waals surface area contributed by atoms with Gasteiger partial charge in [-0.2, -0.15) is 0 Å². The summed E-state index contributed by atoms with van der Waals surface area (Å²) in [6.07, 6.45) is 54.1. The fourth-order valence-electron chi connectivity index (χ4n) is 5.14. The molecule has 0 bridgehead atoms. The van der Waals surface area contributed by atoms with Gasteiger partial charge < -0.3 is 14.2 Å². The second kappa shape index (κ2) is 42.1. The van der Waals surface area contributed by atoms with Gasteiger partial charge in [-0.1, -0.05) is 144 Å². The summed E-state index contributed by atoms with van der Waals surface area (Å²) in [7, 11) is 0. The number of hydrogen-bond acceptors (Lipinski definition) is 6. The third-order valence-corrected chi connectivity index (χ3v) is 8.30. The van der Waals surface area contributed by atoms with E-state index in [0.717, 1.165) is 109 Å². The van der Waals surface area contributed by atoms with Crippen molar-refractivity contribution in [2.24, 2.45) is 0 Å². The van der Waals surface area contributed by atoms with Crippen molar-refractivity contribution in [2.45, 2.75) is 175 Å². The number of esters is 3. The molecule has 0 N–H and O–H groups in total. The standard InChI is InChI=1S/C48H76O6/c1-4-7-10-13-16-19-21-22-23-24-25-26-27-30-32-35-38-41-47(50)53-44-45(43-52-46(49)40-37-34-31-28-18-15-12-9-6-3)54-48(51)42-39-36-33-29-20-17-14-11-8-5-2/h7,9-10,12,14,16-19,22-23,25-26,28,30,32,45H,4-6,8,11,13,15,20-21,24,27,29,31,33-44H2,1-3H3/b10-7-,12-9-,17-14-,19-16-,23-22-,26-25-,28-18-,32-30-. The lowest BCUT2D eigenvalue weighted by Gasteiger charge is -2.18. The Hall–Kier alpha value is -3.67. The predicted octanol–water partition coefficient (Wildman–Crippen LogP) is 13.5. The van der Waals surface area contributed by atoms with Crippen molar-refractivity contribution in [2.75, 3.05) is 13.2 Å². The molecular formula is C48H76O6. The van der Waals surface area contributed by atoms with E-state index < -0.39 is 6.10 Å². The fourth-order valence-corrected chi connectivity index (χ4v) is 5.14. The van der Waals surface area contributed by atoms with Crippen LogP contribution in [0.25, 0.3) is 0 Å². The number of rotatable bonds is 36. The van der Waals surface area contributed by atoms with E-state index in [1.807, 2.05) is 0 Å². The SMILES string of the molecule is CC/C=C\C/C=C\C/C=C\C/C=C\C/C=C\CCCC(=O)OCC(COC(=O)CCCC/C=C\C/C=C\CC)OC(=O)CCCCCC/C=C\CCCC. The van der Waals surface area contributed by atoms with E-state index in [2.05, 4.69) is 118 Å². The molecule has 304 valence electrons.